The number of nitrogens with zero attached hydrogens (tertiary/aromatic N) is 2. The highest BCUT2D eigenvalue weighted by Gasteiger charge is 2.10. The Morgan fingerprint density at radius 2 is 0.824 bits per heavy atom. The lowest BCUT2D eigenvalue weighted by molar-refractivity contribution is 1.37. The molecule has 0 spiro atoms. The van der Waals surface area contributed by atoms with Crippen LogP contribution in [0.3, 0.4) is 0 Å². The second kappa shape index (κ2) is 7.50. The Balaban J connectivity index is 1.38. The van der Waals surface area contributed by atoms with Crippen molar-refractivity contribution in [3.05, 3.63) is 122 Å². The van der Waals surface area contributed by atoms with Gasteiger partial charge >= 0.3 is 0 Å². The molecule has 0 saturated carbocycles. The van der Waals surface area contributed by atoms with Gasteiger partial charge in [0.25, 0.3) is 0 Å². The largest absolute Gasteiger partial charge is 0.253 e. The zero-order chi connectivity index (χ0) is 22.5. The fraction of sp³-hybridized carbons (Fsp3) is 0. The molecule has 0 fully saturated rings. The zero-order valence-corrected chi connectivity index (χ0v) is 18.4. The van der Waals surface area contributed by atoms with Gasteiger partial charge in [-0.25, -0.2) is 0 Å². The molecular weight excluding hydrogens is 412 g/mol. The molecule has 0 radical (unpaired) electrons. The molecule has 7 aromatic rings. The molecule has 0 aliphatic carbocycles. The third-order valence-corrected chi connectivity index (χ3v) is 6.70. The maximum Gasteiger partial charge on any atom is 0.0965 e. The Labute approximate surface area is 197 Å². The molecule has 7 rings (SSSR count). The summed E-state index contributed by atoms with van der Waals surface area (Å²) in [7, 11) is 0. The number of pyridine rings is 2. The first kappa shape index (κ1) is 19.0. The molecule has 2 heterocycles. The smallest absolute Gasteiger partial charge is 0.0965 e. The monoisotopic (exact) mass is 432 g/mol. The van der Waals surface area contributed by atoms with Crippen LogP contribution in [-0.4, -0.2) is 9.97 Å². The molecule has 34 heavy (non-hydrogen) atoms. The van der Waals surface area contributed by atoms with Crippen LogP contribution in [0.4, 0.5) is 0 Å². The first-order valence-corrected chi connectivity index (χ1v) is 11.5. The van der Waals surface area contributed by atoms with Crippen molar-refractivity contribution in [2.24, 2.45) is 0 Å². The summed E-state index contributed by atoms with van der Waals surface area (Å²) >= 11 is 0. The molecule has 2 aromatic heterocycles. The van der Waals surface area contributed by atoms with Crippen molar-refractivity contribution in [1.29, 1.82) is 0 Å². The Hall–Kier alpha value is -4.56. The highest BCUT2D eigenvalue weighted by molar-refractivity contribution is 6.07. The van der Waals surface area contributed by atoms with Crippen LogP contribution in [0.1, 0.15) is 0 Å². The fourth-order valence-corrected chi connectivity index (χ4v) is 5.04. The van der Waals surface area contributed by atoms with Gasteiger partial charge in [0.1, 0.15) is 0 Å². The Kier molecular flexibility index (Phi) is 4.18. The van der Waals surface area contributed by atoms with E-state index in [9.17, 15) is 0 Å². The van der Waals surface area contributed by atoms with Gasteiger partial charge in [-0.1, -0.05) is 97.1 Å². The summed E-state index contributed by atoms with van der Waals surface area (Å²) in [6, 6.07) is 38.6. The summed E-state index contributed by atoms with van der Waals surface area (Å²) in [5.41, 5.74) is 6.52. The third kappa shape index (κ3) is 2.96. The minimum Gasteiger partial charge on any atom is -0.253 e. The average molecular weight is 433 g/mol. The van der Waals surface area contributed by atoms with Gasteiger partial charge in [-0.05, 0) is 44.8 Å². The van der Waals surface area contributed by atoms with E-state index in [1.54, 1.807) is 0 Å². The summed E-state index contributed by atoms with van der Waals surface area (Å²) in [5.74, 6) is 0. The SMILES string of the molecule is c1ccc2c(-c3cnc4c(ccc5cc(-c6cccc7ccccc67)cnc54)c3)cccc2c1. The molecule has 0 N–H and O–H groups in total. The molecule has 0 bridgehead atoms. The second-order valence-electron chi connectivity index (χ2n) is 8.71. The number of benzene rings is 5. The fourth-order valence-electron chi connectivity index (χ4n) is 5.04. The normalized spacial score (nSPS) is 11.5. The molecule has 158 valence electrons. The van der Waals surface area contributed by atoms with Crippen LogP contribution in [0, 0.1) is 0 Å². The molecule has 2 nitrogen and oxygen atoms in total. The van der Waals surface area contributed by atoms with Crippen molar-refractivity contribution in [2.75, 3.05) is 0 Å². The molecule has 0 amide bonds. The van der Waals surface area contributed by atoms with Crippen LogP contribution in [0.5, 0.6) is 0 Å². The molecule has 5 aromatic carbocycles. The minimum atomic E-state index is 0.936. The number of fused-ring (bicyclic) bond motifs is 5. The number of rotatable bonds is 2. The number of hydrogen-bond donors (Lipinski definition) is 0. The van der Waals surface area contributed by atoms with Gasteiger partial charge in [0.2, 0.25) is 0 Å². The summed E-state index contributed by atoms with van der Waals surface area (Å²) in [6.45, 7) is 0. The number of aromatic nitrogens is 2. The summed E-state index contributed by atoms with van der Waals surface area (Å²) < 4.78 is 0. The first-order chi connectivity index (χ1) is 16.8. The van der Waals surface area contributed by atoms with Crippen molar-refractivity contribution in [3.63, 3.8) is 0 Å². The summed E-state index contributed by atoms with van der Waals surface area (Å²) in [6.07, 6.45) is 3.95. The lowest BCUT2D eigenvalue weighted by Gasteiger charge is -2.10. The first-order valence-electron chi connectivity index (χ1n) is 11.5. The van der Waals surface area contributed by atoms with E-state index in [0.29, 0.717) is 0 Å². The molecule has 0 atom stereocenters. The van der Waals surface area contributed by atoms with Crippen molar-refractivity contribution >= 4 is 43.4 Å². The van der Waals surface area contributed by atoms with E-state index in [1.165, 1.54) is 32.7 Å². The van der Waals surface area contributed by atoms with E-state index in [1.807, 2.05) is 12.4 Å². The molecule has 0 unspecified atom stereocenters. The van der Waals surface area contributed by atoms with Crippen molar-refractivity contribution < 1.29 is 0 Å². The van der Waals surface area contributed by atoms with E-state index in [4.69, 9.17) is 9.97 Å². The topological polar surface area (TPSA) is 25.8 Å². The third-order valence-electron chi connectivity index (χ3n) is 6.70. The molecule has 0 saturated heterocycles. The van der Waals surface area contributed by atoms with E-state index >= 15 is 0 Å². The van der Waals surface area contributed by atoms with Crippen molar-refractivity contribution in [1.82, 2.24) is 9.97 Å². The number of hydrogen-bond acceptors (Lipinski definition) is 2. The molecule has 0 aliphatic rings. The van der Waals surface area contributed by atoms with Crippen LogP contribution < -0.4 is 0 Å². The standard InChI is InChI=1S/C32H20N2/c1-3-11-27-21(7-1)9-5-13-29(27)25-17-23-15-16-24-18-26(20-34-32(24)31(23)33-19-25)30-14-6-10-22-8-2-4-12-28(22)30/h1-20H. The predicted molar refractivity (Wildman–Crippen MR) is 143 cm³/mol. The van der Waals surface area contributed by atoms with E-state index in [0.717, 1.165) is 32.9 Å². The maximum absolute atomic E-state index is 4.88. The van der Waals surface area contributed by atoms with Gasteiger partial charge in [0.05, 0.1) is 11.0 Å². The van der Waals surface area contributed by atoms with Crippen LogP contribution in [0.15, 0.2) is 122 Å². The average Bonchev–Trinajstić information content (AvgIpc) is 2.91. The molecular formula is C32H20N2. The van der Waals surface area contributed by atoms with Gasteiger partial charge in [0.15, 0.2) is 0 Å². The summed E-state index contributed by atoms with van der Waals surface area (Å²) in [4.78, 5) is 9.76. The van der Waals surface area contributed by atoms with Gasteiger partial charge in [-0.3, -0.25) is 9.97 Å². The second-order valence-corrected chi connectivity index (χ2v) is 8.71. The lowest BCUT2D eigenvalue weighted by atomic mass is 9.97. The quantitative estimate of drug-likeness (QED) is 0.256. The van der Waals surface area contributed by atoms with E-state index in [2.05, 4.69) is 109 Å². The molecule has 0 aliphatic heterocycles. The highest BCUT2D eigenvalue weighted by atomic mass is 14.7. The van der Waals surface area contributed by atoms with E-state index in [-0.39, 0.29) is 0 Å². The molecule has 2 heteroatoms. The summed E-state index contributed by atoms with van der Waals surface area (Å²) in [5, 5.41) is 7.16. The van der Waals surface area contributed by atoms with Crippen LogP contribution >= 0.6 is 0 Å². The minimum absolute atomic E-state index is 0.936. The van der Waals surface area contributed by atoms with Gasteiger partial charge < -0.3 is 0 Å². The van der Waals surface area contributed by atoms with Gasteiger partial charge in [0, 0.05) is 34.3 Å². The van der Waals surface area contributed by atoms with Crippen LogP contribution in [-0.2, 0) is 0 Å². The van der Waals surface area contributed by atoms with Crippen LogP contribution in [0.25, 0.3) is 65.6 Å². The van der Waals surface area contributed by atoms with Gasteiger partial charge in [-0.15, -0.1) is 0 Å². The Bertz CT molecular complexity index is 1720. The zero-order valence-electron chi connectivity index (χ0n) is 18.4. The van der Waals surface area contributed by atoms with Gasteiger partial charge in [-0.2, -0.15) is 0 Å². The van der Waals surface area contributed by atoms with Crippen molar-refractivity contribution in [3.8, 4) is 22.3 Å². The maximum atomic E-state index is 4.88. The highest BCUT2D eigenvalue weighted by Crippen LogP contribution is 2.34. The van der Waals surface area contributed by atoms with Crippen LogP contribution in [0.2, 0.25) is 0 Å². The van der Waals surface area contributed by atoms with E-state index < -0.39 is 0 Å². The predicted octanol–water partition coefficient (Wildman–Crippen LogP) is 8.42. The van der Waals surface area contributed by atoms with Crippen molar-refractivity contribution in [2.45, 2.75) is 0 Å². The Morgan fingerprint density at radius 1 is 0.382 bits per heavy atom. The lowest BCUT2D eigenvalue weighted by Crippen LogP contribution is -1.89. The Morgan fingerprint density at radius 3 is 1.32 bits per heavy atom.